The molecule has 6 heteroatoms. The van der Waals surface area contributed by atoms with Gasteiger partial charge in [0.15, 0.2) is 0 Å². The van der Waals surface area contributed by atoms with E-state index in [-0.39, 0.29) is 0 Å². The topological polar surface area (TPSA) is 46.2 Å². The molecule has 0 unspecified atom stereocenters. The van der Waals surface area contributed by atoms with Gasteiger partial charge in [-0.3, -0.25) is 0 Å². The summed E-state index contributed by atoms with van der Waals surface area (Å²) in [6.45, 7) is 1.78. The van der Waals surface area contributed by atoms with Crippen molar-refractivity contribution in [3.63, 3.8) is 0 Å². The first-order valence-electron chi connectivity index (χ1n) is 3.72. The van der Waals surface area contributed by atoms with Gasteiger partial charge in [-0.15, -0.1) is 0 Å². The molecule has 78 valence electrons. The van der Waals surface area contributed by atoms with Gasteiger partial charge in [0.05, 0.1) is 7.11 Å². The van der Waals surface area contributed by atoms with Gasteiger partial charge in [-0.25, -0.2) is 0 Å². The van der Waals surface area contributed by atoms with E-state index in [0.717, 1.165) is 0 Å². The van der Waals surface area contributed by atoms with E-state index in [2.05, 4.69) is 0 Å². The van der Waals surface area contributed by atoms with Gasteiger partial charge in [-0.05, 0) is 13.0 Å². The van der Waals surface area contributed by atoms with Crippen LogP contribution in [0.5, 0.6) is 0 Å². The molecular formula is C7H16O5Si. The average Bonchev–Trinajstić information content (AvgIpc) is 2.21. The van der Waals surface area contributed by atoms with Crippen LogP contribution in [0.15, 0.2) is 12.0 Å². The van der Waals surface area contributed by atoms with Crippen LogP contribution in [0.1, 0.15) is 6.92 Å². The van der Waals surface area contributed by atoms with Crippen molar-refractivity contribution >= 4 is 9.05 Å². The molecule has 0 aromatic heterocycles. The van der Waals surface area contributed by atoms with E-state index in [1.807, 2.05) is 0 Å². The van der Waals surface area contributed by atoms with Gasteiger partial charge in [-0.2, -0.15) is 0 Å². The molecule has 0 bridgehead atoms. The number of ether oxygens (including phenoxy) is 1. The minimum Gasteiger partial charge on any atom is -0.470 e. The summed E-state index contributed by atoms with van der Waals surface area (Å²) in [5, 5.41) is 0. The maximum absolute atomic E-state index is 5.30. The number of hydrogen-bond acceptors (Lipinski definition) is 5. The molecular weight excluding hydrogens is 192 g/mol. The molecule has 5 nitrogen and oxygen atoms in total. The lowest BCUT2D eigenvalue weighted by molar-refractivity contribution is -0.00917. The van der Waals surface area contributed by atoms with Crippen molar-refractivity contribution in [1.29, 1.82) is 0 Å². The summed E-state index contributed by atoms with van der Waals surface area (Å²) in [7, 11) is 2.86. The molecule has 0 amide bonds. The minimum atomic E-state index is -3.02. The monoisotopic (exact) mass is 208 g/mol. The molecule has 0 spiro atoms. The smallest absolute Gasteiger partial charge is 0.470 e. The van der Waals surface area contributed by atoms with Crippen LogP contribution in [0.3, 0.4) is 0 Å². The standard InChI is InChI=1S/C7H16O5Si/c1-6-7(8-2)12-13(9-3,10-4)11-5/h6H,1-5H3. The summed E-state index contributed by atoms with van der Waals surface area (Å²) >= 11 is 0. The molecule has 0 N–H and O–H groups in total. The van der Waals surface area contributed by atoms with Gasteiger partial charge < -0.3 is 22.4 Å². The van der Waals surface area contributed by atoms with Crippen LogP contribution in [0.2, 0.25) is 0 Å². The summed E-state index contributed by atoms with van der Waals surface area (Å²) in [4.78, 5) is 0. The third-order valence-corrected chi connectivity index (χ3v) is 3.36. The number of methoxy groups -OCH3 is 1. The van der Waals surface area contributed by atoms with Crippen molar-refractivity contribution in [2.24, 2.45) is 0 Å². The number of rotatable bonds is 6. The van der Waals surface area contributed by atoms with Crippen molar-refractivity contribution in [3.8, 4) is 0 Å². The predicted octanol–water partition coefficient (Wildman–Crippen LogP) is 0.885. The third kappa shape index (κ3) is 3.35. The maximum atomic E-state index is 5.30. The van der Waals surface area contributed by atoms with Gasteiger partial charge in [-0.1, -0.05) is 0 Å². The van der Waals surface area contributed by atoms with Gasteiger partial charge in [0.1, 0.15) is 0 Å². The van der Waals surface area contributed by atoms with E-state index in [4.69, 9.17) is 22.4 Å². The highest BCUT2D eigenvalue weighted by atomic mass is 28.4. The van der Waals surface area contributed by atoms with Gasteiger partial charge in [0, 0.05) is 21.3 Å². The Morgan fingerprint density at radius 3 is 1.69 bits per heavy atom. The Hall–Kier alpha value is -0.563. The van der Waals surface area contributed by atoms with Crippen molar-refractivity contribution in [2.45, 2.75) is 6.92 Å². The van der Waals surface area contributed by atoms with E-state index in [9.17, 15) is 0 Å². The molecule has 0 aromatic rings. The summed E-state index contributed by atoms with van der Waals surface area (Å²) in [6.07, 6.45) is 1.65. The van der Waals surface area contributed by atoms with Crippen molar-refractivity contribution in [3.05, 3.63) is 12.0 Å². The lowest BCUT2D eigenvalue weighted by Crippen LogP contribution is -2.46. The Kier molecular flexibility index (Phi) is 5.72. The van der Waals surface area contributed by atoms with E-state index >= 15 is 0 Å². The maximum Gasteiger partial charge on any atom is 0.750 e. The SMILES string of the molecule is CC=C(OC)O[Si](OC)(OC)OC. The molecule has 0 heterocycles. The van der Waals surface area contributed by atoms with Crippen LogP contribution < -0.4 is 0 Å². The fraction of sp³-hybridized carbons (Fsp3) is 0.714. The largest absolute Gasteiger partial charge is 0.750 e. The van der Waals surface area contributed by atoms with Gasteiger partial charge >= 0.3 is 9.05 Å². The predicted molar refractivity (Wildman–Crippen MR) is 48.6 cm³/mol. The molecule has 0 aliphatic rings. The van der Waals surface area contributed by atoms with E-state index in [1.165, 1.54) is 28.4 Å². The molecule has 13 heavy (non-hydrogen) atoms. The molecule has 0 fully saturated rings. The highest BCUT2D eigenvalue weighted by molar-refractivity contribution is 6.53. The van der Waals surface area contributed by atoms with Crippen molar-refractivity contribution in [1.82, 2.24) is 0 Å². The zero-order chi connectivity index (χ0) is 10.3. The minimum absolute atomic E-state index is 0.317. The number of allylic oxidation sites excluding steroid dienone is 1. The van der Waals surface area contributed by atoms with Crippen molar-refractivity contribution < 1.29 is 22.4 Å². The summed E-state index contributed by atoms with van der Waals surface area (Å²) in [5.74, 6) is 0.317. The van der Waals surface area contributed by atoms with E-state index < -0.39 is 9.05 Å². The lowest BCUT2D eigenvalue weighted by Gasteiger charge is -2.23. The van der Waals surface area contributed by atoms with E-state index in [1.54, 1.807) is 13.0 Å². The zero-order valence-electron chi connectivity index (χ0n) is 8.62. The van der Waals surface area contributed by atoms with Crippen LogP contribution >= 0.6 is 0 Å². The molecule has 0 aliphatic carbocycles. The first-order valence-corrected chi connectivity index (χ1v) is 5.36. The van der Waals surface area contributed by atoms with Crippen LogP contribution in [0, 0.1) is 0 Å². The van der Waals surface area contributed by atoms with Crippen LogP contribution in [0.25, 0.3) is 0 Å². The second-order valence-electron chi connectivity index (χ2n) is 2.03. The summed E-state index contributed by atoms with van der Waals surface area (Å²) < 4.78 is 25.3. The highest BCUT2D eigenvalue weighted by Crippen LogP contribution is 2.13. The second-order valence-corrected chi connectivity index (χ2v) is 4.46. The Labute approximate surface area is 79.7 Å². The lowest BCUT2D eigenvalue weighted by atomic mass is 10.7. The summed E-state index contributed by atoms with van der Waals surface area (Å²) in [5.41, 5.74) is 0. The molecule has 0 atom stereocenters. The first-order chi connectivity index (χ1) is 6.17. The molecule has 0 radical (unpaired) electrons. The highest BCUT2D eigenvalue weighted by Gasteiger charge is 2.46. The molecule has 0 aromatic carbocycles. The van der Waals surface area contributed by atoms with Crippen LogP contribution in [-0.2, 0) is 22.4 Å². The summed E-state index contributed by atoms with van der Waals surface area (Å²) in [6, 6.07) is 0. The first kappa shape index (κ1) is 12.4. The third-order valence-electron chi connectivity index (χ3n) is 1.41. The molecule has 0 rings (SSSR count). The zero-order valence-corrected chi connectivity index (χ0v) is 9.62. The normalized spacial score (nSPS) is 12.8. The Bertz CT molecular complexity index is 158. The Morgan fingerprint density at radius 1 is 1.00 bits per heavy atom. The van der Waals surface area contributed by atoms with E-state index in [0.29, 0.717) is 5.95 Å². The Morgan fingerprint density at radius 2 is 1.46 bits per heavy atom. The molecule has 0 saturated heterocycles. The van der Waals surface area contributed by atoms with Crippen LogP contribution in [-0.4, -0.2) is 37.5 Å². The molecule has 0 saturated carbocycles. The van der Waals surface area contributed by atoms with Crippen molar-refractivity contribution in [2.75, 3.05) is 28.4 Å². The fourth-order valence-corrected chi connectivity index (χ4v) is 1.91. The second kappa shape index (κ2) is 5.98. The van der Waals surface area contributed by atoms with Gasteiger partial charge in [0.2, 0.25) is 0 Å². The molecule has 0 aliphatic heterocycles. The number of hydrogen-bond donors (Lipinski definition) is 0. The van der Waals surface area contributed by atoms with Gasteiger partial charge in [0.25, 0.3) is 5.95 Å². The van der Waals surface area contributed by atoms with Crippen LogP contribution in [0.4, 0.5) is 0 Å². The average molecular weight is 208 g/mol. The quantitative estimate of drug-likeness (QED) is 0.479. The fourth-order valence-electron chi connectivity index (χ4n) is 0.717. The Balaban J connectivity index is 4.40.